The van der Waals surface area contributed by atoms with E-state index in [9.17, 15) is 0 Å². The van der Waals surface area contributed by atoms with Crippen molar-refractivity contribution in [1.29, 1.82) is 0 Å². The molecule has 0 aliphatic heterocycles. The first-order chi connectivity index (χ1) is 4.00. The van der Waals surface area contributed by atoms with Crippen molar-refractivity contribution in [2.75, 3.05) is 0 Å². The molecule has 0 N–H and O–H groups in total. The van der Waals surface area contributed by atoms with Crippen LogP contribution in [0.25, 0.3) is 0 Å². The van der Waals surface area contributed by atoms with Crippen LogP contribution in [0.3, 0.4) is 0 Å². The third kappa shape index (κ3) is 4.35. The first-order valence-corrected chi connectivity index (χ1v) is 3.15. The van der Waals surface area contributed by atoms with Gasteiger partial charge >= 0.3 is 0 Å². The molecule has 54 valence electrons. The van der Waals surface area contributed by atoms with Gasteiger partial charge in [0, 0.05) is 16.5 Å². The Kier molecular flexibility index (Phi) is 5.87. The molecule has 0 radical (unpaired) electrons. The second-order valence-electron chi connectivity index (χ2n) is 1.98. The van der Waals surface area contributed by atoms with E-state index in [1.54, 1.807) is 0 Å². The minimum atomic E-state index is 0. The topological polar surface area (TPSA) is 0 Å². The van der Waals surface area contributed by atoms with E-state index in [1.807, 2.05) is 0 Å². The standard InChI is InChI=1S/C8H11.Ni/c1-2-4-6-8-7-5-3-1;/h1-5H,6-8H2;/q-1;/b2-1-,5-3-;. The minimum Gasteiger partial charge on any atom is -0.230 e. The Bertz CT molecular complexity index is 89.1. The van der Waals surface area contributed by atoms with Crippen molar-refractivity contribution >= 4 is 0 Å². The van der Waals surface area contributed by atoms with Gasteiger partial charge in [0.2, 0.25) is 0 Å². The summed E-state index contributed by atoms with van der Waals surface area (Å²) in [5, 5.41) is 0. The fourth-order valence-electron chi connectivity index (χ4n) is 0.767. The predicted octanol–water partition coefficient (Wildman–Crippen LogP) is 2.48. The fraction of sp³-hybridized carbons (Fsp3) is 0.375. The predicted molar refractivity (Wildman–Crippen MR) is 36.4 cm³/mol. The largest absolute Gasteiger partial charge is 0.230 e. The van der Waals surface area contributed by atoms with Crippen LogP contribution >= 0.6 is 0 Å². The molecule has 0 aromatic carbocycles. The van der Waals surface area contributed by atoms with Crippen LogP contribution in [-0.2, 0) is 16.5 Å². The zero-order valence-electron chi connectivity index (χ0n) is 5.32. The fourth-order valence-corrected chi connectivity index (χ4v) is 0.767. The molecule has 0 fully saturated rings. The van der Waals surface area contributed by atoms with Crippen molar-refractivity contribution < 1.29 is 16.5 Å². The first kappa shape index (κ1) is 8.84. The van der Waals surface area contributed by atoms with Crippen molar-refractivity contribution in [2.45, 2.75) is 19.3 Å². The van der Waals surface area contributed by atoms with E-state index >= 15 is 0 Å². The summed E-state index contributed by atoms with van der Waals surface area (Å²) in [6.45, 7) is 0. The van der Waals surface area contributed by atoms with E-state index in [1.165, 1.54) is 19.3 Å². The van der Waals surface area contributed by atoms with Crippen molar-refractivity contribution in [3.63, 3.8) is 0 Å². The Hall–Kier alpha value is -0.156. The average molecular weight is 166 g/mol. The molecule has 0 saturated heterocycles. The zero-order valence-corrected chi connectivity index (χ0v) is 6.31. The molecule has 1 rings (SSSR count). The molecule has 0 heterocycles. The molecule has 0 spiro atoms. The summed E-state index contributed by atoms with van der Waals surface area (Å²) in [4.78, 5) is 0. The second-order valence-corrected chi connectivity index (χ2v) is 1.98. The Balaban J connectivity index is 0.000000640. The maximum absolute atomic E-state index is 2.21. The van der Waals surface area contributed by atoms with E-state index in [-0.39, 0.29) is 16.5 Å². The van der Waals surface area contributed by atoms with Crippen LogP contribution in [0, 0.1) is 6.42 Å². The third-order valence-corrected chi connectivity index (χ3v) is 1.24. The van der Waals surface area contributed by atoms with Gasteiger partial charge in [-0.15, -0.1) is 18.6 Å². The molecule has 1 heteroatoms. The molecule has 0 aromatic rings. The van der Waals surface area contributed by atoms with Crippen molar-refractivity contribution in [1.82, 2.24) is 0 Å². The molecular formula is C8H11Ni-. The second kappa shape index (κ2) is 5.97. The smallest absolute Gasteiger partial charge is 0 e. The van der Waals surface area contributed by atoms with Crippen LogP contribution in [-0.4, -0.2) is 0 Å². The maximum Gasteiger partial charge on any atom is 0 e. The molecule has 0 saturated carbocycles. The van der Waals surface area contributed by atoms with Gasteiger partial charge in [0.25, 0.3) is 0 Å². The van der Waals surface area contributed by atoms with Gasteiger partial charge in [-0.05, 0) is 6.42 Å². The van der Waals surface area contributed by atoms with Crippen molar-refractivity contribution in [3.8, 4) is 0 Å². The zero-order chi connectivity index (χ0) is 5.66. The Morgan fingerprint density at radius 2 is 2.11 bits per heavy atom. The average Bonchev–Trinajstić information content (AvgIpc) is 1.62. The molecule has 0 bridgehead atoms. The van der Waals surface area contributed by atoms with Gasteiger partial charge < -0.3 is 0 Å². The van der Waals surface area contributed by atoms with E-state index in [0.717, 1.165) is 0 Å². The van der Waals surface area contributed by atoms with Crippen LogP contribution in [0.5, 0.6) is 0 Å². The Morgan fingerprint density at radius 1 is 1.22 bits per heavy atom. The van der Waals surface area contributed by atoms with E-state index < -0.39 is 0 Å². The quantitative estimate of drug-likeness (QED) is 0.383. The molecule has 9 heavy (non-hydrogen) atoms. The first-order valence-electron chi connectivity index (χ1n) is 3.15. The number of allylic oxidation sites excluding steroid dienone is 4. The van der Waals surface area contributed by atoms with E-state index in [4.69, 9.17) is 0 Å². The van der Waals surface area contributed by atoms with Crippen molar-refractivity contribution in [2.24, 2.45) is 0 Å². The summed E-state index contributed by atoms with van der Waals surface area (Å²) in [5.74, 6) is 0. The molecule has 1 aliphatic carbocycles. The molecule has 0 unspecified atom stereocenters. The summed E-state index contributed by atoms with van der Waals surface area (Å²) in [6, 6.07) is 0. The SMILES string of the molecule is C1=C\[CH-]CCC\C=C/1.[Ni]. The van der Waals surface area contributed by atoms with E-state index in [2.05, 4.69) is 30.7 Å². The van der Waals surface area contributed by atoms with Gasteiger partial charge in [0.15, 0.2) is 0 Å². The minimum absolute atomic E-state index is 0. The summed E-state index contributed by atoms with van der Waals surface area (Å²) in [5.41, 5.74) is 0. The molecule has 0 amide bonds. The summed E-state index contributed by atoms with van der Waals surface area (Å²) in [6.07, 6.45) is 14.5. The summed E-state index contributed by atoms with van der Waals surface area (Å²) in [7, 11) is 0. The van der Waals surface area contributed by atoms with Crippen LogP contribution in [0.1, 0.15) is 19.3 Å². The van der Waals surface area contributed by atoms with Crippen LogP contribution in [0.2, 0.25) is 0 Å². The Labute approximate surface area is 67.0 Å². The maximum atomic E-state index is 2.21. The van der Waals surface area contributed by atoms with Gasteiger partial charge in [0.1, 0.15) is 0 Å². The molecule has 0 aromatic heterocycles. The summed E-state index contributed by atoms with van der Waals surface area (Å²) >= 11 is 0. The van der Waals surface area contributed by atoms with Crippen molar-refractivity contribution in [3.05, 3.63) is 30.7 Å². The van der Waals surface area contributed by atoms with Gasteiger partial charge in [-0.3, -0.25) is 0 Å². The van der Waals surface area contributed by atoms with Crippen LogP contribution in [0.4, 0.5) is 0 Å². The van der Waals surface area contributed by atoms with Crippen LogP contribution in [0.15, 0.2) is 24.3 Å². The van der Waals surface area contributed by atoms with E-state index in [0.29, 0.717) is 0 Å². The summed E-state index contributed by atoms with van der Waals surface area (Å²) < 4.78 is 0. The number of rotatable bonds is 0. The van der Waals surface area contributed by atoms with Gasteiger partial charge in [-0.25, -0.2) is 18.6 Å². The number of hydrogen-bond acceptors (Lipinski definition) is 0. The Morgan fingerprint density at radius 3 is 3.00 bits per heavy atom. The monoisotopic (exact) mass is 165 g/mol. The normalized spacial score (nSPS) is 24.0. The molecular weight excluding hydrogens is 155 g/mol. The van der Waals surface area contributed by atoms with Gasteiger partial charge in [-0.2, -0.15) is 0 Å². The molecule has 1 aliphatic rings. The van der Waals surface area contributed by atoms with Gasteiger partial charge in [-0.1, -0.05) is 6.42 Å². The molecule has 0 nitrogen and oxygen atoms in total. The van der Waals surface area contributed by atoms with Crippen LogP contribution < -0.4 is 0 Å². The number of hydrogen-bond donors (Lipinski definition) is 0. The van der Waals surface area contributed by atoms with Gasteiger partial charge in [0.05, 0.1) is 0 Å². The third-order valence-electron chi connectivity index (χ3n) is 1.24. The molecule has 0 atom stereocenters.